The molecule has 8 heteroatoms. The highest BCUT2D eigenvalue weighted by atomic mass is 35.5. The Morgan fingerprint density at radius 1 is 1.28 bits per heavy atom. The fourth-order valence-electron chi connectivity index (χ4n) is 3.17. The largest absolute Gasteiger partial charge is 0.507 e. The van der Waals surface area contributed by atoms with Crippen LogP contribution in [0.4, 0.5) is 10.8 Å². The fourth-order valence-corrected chi connectivity index (χ4v) is 3.37. The smallest absolute Gasteiger partial charge is 0.389 e. The zero-order valence-corrected chi connectivity index (χ0v) is 14.7. The Morgan fingerprint density at radius 3 is 2.72 bits per heavy atom. The first-order valence-electron chi connectivity index (χ1n) is 7.82. The molecule has 1 saturated heterocycles. The summed E-state index contributed by atoms with van der Waals surface area (Å²) in [6.07, 6.45) is 0. The fraction of sp³-hybridized carbons (Fsp3) is 0.294. The highest BCUT2D eigenvalue weighted by Gasteiger charge is 2.55. The predicted octanol–water partition coefficient (Wildman–Crippen LogP) is 2.52. The molecule has 0 aliphatic carbocycles. The lowest BCUT2D eigenvalue weighted by Gasteiger charge is -2.32. The van der Waals surface area contributed by atoms with Crippen LogP contribution in [0.3, 0.4) is 0 Å². The Bertz CT molecular complexity index is 949. The number of carbonyl (C=O) groups is 2. The van der Waals surface area contributed by atoms with E-state index in [9.17, 15) is 9.59 Å². The van der Waals surface area contributed by atoms with Gasteiger partial charge in [0.25, 0.3) is 17.8 Å². The van der Waals surface area contributed by atoms with Crippen LogP contribution in [0.15, 0.2) is 33.7 Å². The van der Waals surface area contributed by atoms with Gasteiger partial charge in [0.1, 0.15) is 5.69 Å². The van der Waals surface area contributed by atoms with Crippen LogP contribution >= 0.6 is 11.6 Å². The SMILES string of the molecule is Cc1oc2[n+](c1C)C1C(=O)N(Cc3ccccc3Cl)C(=O)N(C)C1=N2. The number of hydrogen-bond donors (Lipinski definition) is 0. The van der Waals surface area contributed by atoms with E-state index in [2.05, 4.69) is 4.99 Å². The van der Waals surface area contributed by atoms with Crippen molar-refractivity contribution in [3.63, 3.8) is 0 Å². The molecule has 0 radical (unpaired) electrons. The summed E-state index contributed by atoms with van der Waals surface area (Å²) in [4.78, 5) is 32.7. The minimum absolute atomic E-state index is 0.108. The molecule has 0 spiro atoms. The molecule has 0 N–H and O–H groups in total. The van der Waals surface area contributed by atoms with Gasteiger partial charge in [-0.1, -0.05) is 29.8 Å². The molecule has 1 unspecified atom stereocenters. The maximum absolute atomic E-state index is 13.1. The van der Waals surface area contributed by atoms with Crippen LogP contribution in [0.2, 0.25) is 5.02 Å². The molecule has 25 heavy (non-hydrogen) atoms. The van der Waals surface area contributed by atoms with Crippen LogP contribution in [-0.2, 0) is 11.3 Å². The number of rotatable bonds is 2. The number of imide groups is 1. The summed E-state index contributed by atoms with van der Waals surface area (Å²) < 4.78 is 7.33. The summed E-state index contributed by atoms with van der Waals surface area (Å²) in [5, 5.41) is 0.514. The number of aryl methyl sites for hydroxylation is 1. The molecule has 2 aliphatic heterocycles. The summed E-state index contributed by atoms with van der Waals surface area (Å²) in [6, 6.07) is 6.37. The van der Waals surface area contributed by atoms with Crippen molar-refractivity contribution in [1.82, 2.24) is 9.80 Å². The lowest BCUT2D eigenvalue weighted by molar-refractivity contribution is -0.685. The minimum Gasteiger partial charge on any atom is -0.389 e. The van der Waals surface area contributed by atoms with Crippen LogP contribution in [0.1, 0.15) is 23.1 Å². The van der Waals surface area contributed by atoms with Crippen molar-refractivity contribution in [3.05, 3.63) is 46.3 Å². The first kappa shape index (κ1) is 15.8. The number of carbonyl (C=O) groups excluding carboxylic acids is 2. The van der Waals surface area contributed by atoms with E-state index in [0.717, 1.165) is 5.69 Å². The highest BCUT2D eigenvalue weighted by Crippen LogP contribution is 2.31. The van der Waals surface area contributed by atoms with Gasteiger partial charge in [-0.3, -0.25) is 14.6 Å². The van der Waals surface area contributed by atoms with Gasteiger partial charge in [-0.2, -0.15) is 4.57 Å². The molecular formula is C17H16ClN4O3+. The van der Waals surface area contributed by atoms with E-state index in [1.165, 1.54) is 9.80 Å². The third kappa shape index (κ3) is 2.19. The summed E-state index contributed by atoms with van der Waals surface area (Å²) in [7, 11) is 1.61. The summed E-state index contributed by atoms with van der Waals surface area (Å²) in [5.41, 5.74) is 1.52. The van der Waals surface area contributed by atoms with Gasteiger partial charge in [-0.15, -0.1) is 0 Å². The number of aliphatic imine (C=N–C) groups is 1. The van der Waals surface area contributed by atoms with Gasteiger partial charge in [-0.25, -0.2) is 4.79 Å². The topological polar surface area (TPSA) is 70.0 Å². The average Bonchev–Trinajstić information content (AvgIpc) is 3.08. The molecule has 7 nitrogen and oxygen atoms in total. The van der Waals surface area contributed by atoms with E-state index in [0.29, 0.717) is 28.2 Å². The molecule has 0 bridgehead atoms. The molecule has 1 aromatic heterocycles. The van der Waals surface area contributed by atoms with E-state index in [1.807, 2.05) is 19.9 Å². The Labute approximate surface area is 149 Å². The summed E-state index contributed by atoms with van der Waals surface area (Å²) in [6.45, 7) is 3.79. The standard InChI is InChI=1S/C17H16ClN4O3/c1-9-10(2)25-16-19-14-13(22(9)16)15(23)21(17(24)20(14)3)8-11-6-4-5-7-12(11)18/h4-7,13H,8H2,1-3H3/q+1. The Balaban J connectivity index is 1.76. The molecule has 3 amide bonds. The second kappa shape index (κ2) is 5.42. The molecule has 1 atom stereocenters. The Hall–Kier alpha value is -2.67. The molecule has 2 aromatic rings. The van der Waals surface area contributed by atoms with E-state index in [1.54, 1.807) is 29.8 Å². The molecule has 1 fully saturated rings. The molecule has 128 valence electrons. The van der Waals surface area contributed by atoms with E-state index in [4.69, 9.17) is 16.0 Å². The monoisotopic (exact) mass is 359 g/mol. The lowest BCUT2D eigenvalue weighted by Crippen LogP contribution is -2.63. The number of amides is 3. The number of amidine groups is 1. The van der Waals surface area contributed by atoms with Crippen LogP contribution in [0.25, 0.3) is 0 Å². The van der Waals surface area contributed by atoms with Gasteiger partial charge in [0.2, 0.25) is 0 Å². The molecule has 2 aliphatic rings. The number of oxazole rings is 1. The van der Waals surface area contributed by atoms with Gasteiger partial charge in [0.05, 0.1) is 6.54 Å². The lowest BCUT2D eigenvalue weighted by atomic mass is 10.1. The maximum Gasteiger partial charge on any atom is 0.507 e. The normalized spacial score (nSPS) is 19.2. The van der Waals surface area contributed by atoms with Crippen LogP contribution < -0.4 is 4.57 Å². The van der Waals surface area contributed by atoms with E-state index in [-0.39, 0.29) is 12.5 Å². The quantitative estimate of drug-likeness (QED) is 0.773. The van der Waals surface area contributed by atoms with Crippen molar-refractivity contribution in [2.75, 3.05) is 7.05 Å². The molecule has 1 aromatic carbocycles. The summed E-state index contributed by atoms with van der Waals surface area (Å²) in [5.74, 6) is 0.740. The minimum atomic E-state index is -0.697. The van der Waals surface area contributed by atoms with Crippen molar-refractivity contribution in [3.8, 4) is 0 Å². The molecule has 3 heterocycles. The first-order valence-corrected chi connectivity index (χ1v) is 8.20. The van der Waals surface area contributed by atoms with Crippen LogP contribution in [0.5, 0.6) is 0 Å². The zero-order valence-electron chi connectivity index (χ0n) is 14.0. The van der Waals surface area contributed by atoms with Crippen molar-refractivity contribution in [2.45, 2.75) is 26.4 Å². The first-order chi connectivity index (χ1) is 11.9. The van der Waals surface area contributed by atoms with Gasteiger partial charge in [0, 0.05) is 24.0 Å². The third-order valence-electron chi connectivity index (χ3n) is 4.68. The third-order valence-corrected chi connectivity index (χ3v) is 5.05. The van der Waals surface area contributed by atoms with Crippen LogP contribution in [-0.4, -0.2) is 34.6 Å². The van der Waals surface area contributed by atoms with Gasteiger partial charge in [-0.05, 0) is 18.6 Å². The highest BCUT2D eigenvalue weighted by molar-refractivity contribution is 6.31. The van der Waals surface area contributed by atoms with E-state index < -0.39 is 12.1 Å². The number of urea groups is 1. The van der Waals surface area contributed by atoms with Gasteiger partial charge in [0.15, 0.2) is 5.76 Å². The van der Waals surface area contributed by atoms with Crippen molar-refractivity contribution < 1.29 is 18.6 Å². The predicted molar refractivity (Wildman–Crippen MR) is 89.7 cm³/mol. The number of fused-ring (bicyclic) bond motifs is 3. The molecule has 4 rings (SSSR count). The second-order valence-corrected chi connectivity index (χ2v) is 6.53. The second-order valence-electron chi connectivity index (χ2n) is 6.13. The van der Waals surface area contributed by atoms with Gasteiger partial charge >= 0.3 is 12.0 Å². The molecule has 0 saturated carbocycles. The maximum atomic E-state index is 13.1. The average molecular weight is 360 g/mol. The number of hydrogen-bond acceptors (Lipinski definition) is 4. The number of aromatic nitrogens is 1. The van der Waals surface area contributed by atoms with Gasteiger partial charge < -0.3 is 4.42 Å². The van der Waals surface area contributed by atoms with E-state index >= 15 is 0 Å². The Morgan fingerprint density at radius 2 is 2.00 bits per heavy atom. The molecular weight excluding hydrogens is 344 g/mol. The van der Waals surface area contributed by atoms with Crippen LogP contribution in [0, 0.1) is 13.8 Å². The number of benzene rings is 1. The number of halogens is 1. The van der Waals surface area contributed by atoms with Crippen molar-refractivity contribution >= 4 is 35.4 Å². The number of nitrogens with zero attached hydrogens (tertiary/aromatic N) is 4. The van der Waals surface area contributed by atoms with Crippen molar-refractivity contribution in [1.29, 1.82) is 0 Å². The Kier molecular flexibility index (Phi) is 3.43. The summed E-state index contributed by atoms with van der Waals surface area (Å²) >= 11 is 6.19. The zero-order chi connectivity index (χ0) is 17.9. The number of likely N-dealkylation sites (N-methyl/N-ethyl adjacent to an activating group) is 1. The van der Waals surface area contributed by atoms with Crippen molar-refractivity contribution in [2.24, 2.45) is 4.99 Å².